The van der Waals surface area contributed by atoms with Crippen molar-refractivity contribution in [3.63, 3.8) is 0 Å². The van der Waals surface area contributed by atoms with Gasteiger partial charge in [-0.05, 0) is 0 Å². The predicted molar refractivity (Wildman–Crippen MR) is 61.8 cm³/mol. The van der Waals surface area contributed by atoms with E-state index >= 15 is 0 Å². The zero-order valence-electron chi connectivity index (χ0n) is 9.12. The van der Waals surface area contributed by atoms with E-state index in [0.717, 1.165) is 0 Å². The van der Waals surface area contributed by atoms with Gasteiger partial charge in [0.05, 0.1) is 0 Å². The monoisotopic (exact) mass is 186 g/mol. The maximum atomic E-state index is 2.28. The molecule has 0 nitrogen and oxygen atoms in total. The van der Waals surface area contributed by atoms with Gasteiger partial charge in [0.1, 0.15) is 0 Å². The summed E-state index contributed by atoms with van der Waals surface area (Å²) in [7, 11) is 0. The van der Waals surface area contributed by atoms with Gasteiger partial charge in [-0.3, -0.25) is 0 Å². The van der Waals surface area contributed by atoms with Gasteiger partial charge in [0.2, 0.25) is 0 Å². The van der Waals surface area contributed by atoms with Gasteiger partial charge in [0.15, 0.2) is 0 Å². The third-order valence-electron chi connectivity index (χ3n) is 2.87. The van der Waals surface area contributed by atoms with Crippen molar-refractivity contribution < 1.29 is 18.9 Å². The second-order valence-electron chi connectivity index (χ2n) is 3.77. The molecule has 0 spiro atoms. The normalized spacial score (nSPS) is 10.5. The van der Waals surface area contributed by atoms with Crippen LogP contribution >= 0.6 is 0 Å². The minimum Gasteiger partial charge on any atom is -0.126 e. The number of hydrogen-bond donors (Lipinski definition) is 0. The summed E-state index contributed by atoms with van der Waals surface area (Å²) in [5.41, 5.74) is 1.36. The second kappa shape index (κ2) is 3.81. The molecule has 0 saturated carbocycles. The Hall–Kier alpha value is -1.09. The van der Waals surface area contributed by atoms with Gasteiger partial charge in [-0.25, -0.2) is 0 Å². The van der Waals surface area contributed by atoms with E-state index in [2.05, 4.69) is 55.5 Å². The molecule has 0 aliphatic carbocycles. The van der Waals surface area contributed by atoms with Gasteiger partial charge in [-0.15, -0.1) is 39.2 Å². The maximum Gasteiger partial charge on any atom is 1.00 e. The van der Waals surface area contributed by atoms with E-state index in [4.69, 9.17) is 0 Å². The summed E-state index contributed by atoms with van der Waals surface area (Å²) in [4.78, 5) is 0. The fourth-order valence-corrected chi connectivity index (χ4v) is 2.13. The Morgan fingerprint density at radius 3 is 2.47 bits per heavy atom. The molecule has 0 aliphatic heterocycles. The molecule has 1 heteroatoms. The number of rotatable bonds is 0. The van der Waals surface area contributed by atoms with Crippen LogP contribution in [0.4, 0.5) is 0 Å². The van der Waals surface area contributed by atoms with E-state index in [-0.39, 0.29) is 18.9 Å². The average Bonchev–Trinajstić information content (AvgIpc) is 2.59. The first kappa shape index (κ1) is 10.4. The Kier molecular flexibility index (Phi) is 2.65. The van der Waals surface area contributed by atoms with Gasteiger partial charge < -0.3 is 0 Å². The zero-order chi connectivity index (χ0) is 9.54. The molecule has 0 aliphatic rings. The van der Waals surface area contributed by atoms with Crippen molar-refractivity contribution in [2.45, 2.75) is 6.92 Å². The van der Waals surface area contributed by atoms with Crippen LogP contribution in [0.3, 0.4) is 0 Å². The number of fused-ring (bicyclic) bond motifs is 3. The molecule has 3 aromatic rings. The van der Waals surface area contributed by atoms with Crippen LogP contribution in [0.2, 0.25) is 0 Å². The molecule has 0 fully saturated rings. The van der Waals surface area contributed by atoms with Crippen LogP contribution < -0.4 is 18.9 Å². The van der Waals surface area contributed by atoms with Gasteiger partial charge in [-0.1, -0.05) is 43.3 Å². The SMILES string of the molecule is Cc1cccc2c1[cH-]c1ccccc12.[Li+]. The molecule has 0 unspecified atom stereocenters. The number of benzene rings is 2. The maximum absolute atomic E-state index is 2.28. The van der Waals surface area contributed by atoms with Crippen molar-refractivity contribution in [3.8, 4) is 0 Å². The minimum atomic E-state index is 0. The molecule has 0 saturated heterocycles. The van der Waals surface area contributed by atoms with E-state index in [1.54, 1.807) is 0 Å². The molecule has 0 N–H and O–H groups in total. The summed E-state index contributed by atoms with van der Waals surface area (Å²) in [6, 6.07) is 17.3. The predicted octanol–water partition coefficient (Wildman–Crippen LogP) is 1.02. The Balaban J connectivity index is 0.000000853. The fourth-order valence-electron chi connectivity index (χ4n) is 2.13. The first-order valence-corrected chi connectivity index (χ1v) is 4.90. The van der Waals surface area contributed by atoms with Crippen molar-refractivity contribution in [2.24, 2.45) is 0 Å². The van der Waals surface area contributed by atoms with Crippen molar-refractivity contribution >= 4 is 21.5 Å². The summed E-state index contributed by atoms with van der Waals surface area (Å²) in [5.74, 6) is 0. The molecule has 0 amide bonds. The van der Waals surface area contributed by atoms with E-state index in [0.29, 0.717) is 0 Å². The molecule has 0 atom stereocenters. The van der Waals surface area contributed by atoms with E-state index in [9.17, 15) is 0 Å². The average molecular weight is 186 g/mol. The van der Waals surface area contributed by atoms with E-state index in [1.165, 1.54) is 27.1 Å². The van der Waals surface area contributed by atoms with Crippen LogP contribution in [0.25, 0.3) is 21.5 Å². The van der Waals surface area contributed by atoms with Crippen molar-refractivity contribution in [2.75, 3.05) is 0 Å². The largest absolute Gasteiger partial charge is 1.00 e. The topological polar surface area (TPSA) is 0 Å². The Morgan fingerprint density at radius 1 is 0.867 bits per heavy atom. The van der Waals surface area contributed by atoms with Gasteiger partial charge in [0, 0.05) is 0 Å². The Morgan fingerprint density at radius 2 is 1.60 bits per heavy atom. The number of hydrogen-bond acceptors (Lipinski definition) is 0. The van der Waals surface area contributed by atoms with Crippen molar-refractivity contribution in [3.05, 3.63) is 54.1 Å². The molecular weight excluding hydrogens is 175 g/mol. The van der Waals surface area contributed by atoms with Crippen LogP contribution in [0.5, 0.6) is 0 Å². The van der Waals surface area contributed by atoms with Crippen LogP contribution in [0, 0.1) is 6.92 Å². The summed E-state index contributed by atoms with van der Waals surface area (Å²) in [5, 5.41) is 5.47. The molecule has 3 rings (SSSR count). The number of aryl methyl sites for hydroxylation is 1. The van der Waals surface area contributed by atoms with Gasteiger partial charge in [0.25, 0.3) is 0 Å². The van der Waals surface area contributed by atoms with Crippen LogP contribution in [-0.2, 0) is 0 Å². The summed E-state index contributed by atoms with van der Waals surface area (Å²) in [6.07, 6.45) is 0. The second-order valence-corrected chi connectivity index (χ2v) is 3.77. The molecule has 0 aromatic heterocycles. The van der Waals surface area contributed by atoms with E-state index < -0.39 is 0 Å². The molecule has 0 bridgehead atoms. The zero-order valence-corrected chi connectivity index (χ0v) is 9.12. The minimum absolute atomic E-state index is 0. The summed E-state index contributed by atoms with van der Waals surface area (Å²) in [6.45, 7) is 2.17. The third-order valence-corrected chi connectivity index (χ3v) is 2.87. The summed E-state index contributed by atoms with van der Waals surface area (Å²) >= 11 is 0. The molecule has 68 valence electrons. The van der Waals surface area contributed by atoms with Crippen molar-refractivity contribution in [1.29, 1.82) is 0 Å². The van der Waals surface area contributed by atoms with Gasteiger partial charge >= 0.3 is 18.9 Å². The standard InChI is InChI=1S/C14H11.Li/c1-10-5-4-8-13-12-7-3-2-6-11(12)9-14(10)13;/h2-9H,1H3;/q-1;+1. The summed E-state index contributed by atoms with van der Waals surface area (Å²) < 4.78 is 0. The molecular formula is C14H11Li. The van der Waals surface area contributed by atoms with Crippen molar-refractivity contribution in [1.82, 2.24) is 0 Å². The van der Waals surface area contributed by atoms with E-state index in [1.807, 2.05) is 0 Å². The fraction of sp³-hybridized carbons (Fsp3) is 0.0714. The first-order chi connectivity index (χ1) is 6.86. The molecule has 0 radical (unpaired) electrons. The molecule has 15 heavy (non-hydrogen) atoms. The first-order valence-electron chi connectivity index (χ1n) is 4.90. The third kappa shape index (κ3) is 1.51. The van der Waals surface area contributed by atoms with Crippen LogP contribution in [0.1, 0.15) is 5.56 Å². The Labute approximate surface area is 101 Å². The molecule has 3 aromatic carbocycles. The van der Waals surface area contributed by atoms with Crippen LogP contribution in [-0.4, -0.2) is 0 Å². The van der Waals surface area contributed by atoms with Gasteiger partial charge in [-0.2, -0.15) is 0 Å². The smallest absolute Gasteiger partial charge is 0.126 e. The molecule has 0 heterocycles. The van der Waals surface area contributed by atoms with Crippen LogP contribution in [0.15, 0.2) is 48.5 Å². The Bertz CT molecular complexity index is 605. The quantitative estimate of drug-likeness (QED) is 0.363.